The first-order valence-corrected chi connectivity index (χ1v) is 8.67. The van der Waals surface area contributed by atoms with E-state index in [0.29, 0.717) is 32.6 Å². The van der Waals surface area contributed by atoms with E-state index < -0.39 is 11.4 Å². The molecule has 0 aliphatic rings. The number of esters is 1. The van der Waals surface area contributed by atoms with Gasteiger partial charge in [0.2, 0.25) is 5.43 Å². The second-order valence-corrected chi connectivity index (χ2v) is 6.19. The van der Waals surface area contributed by atoms with E-state index in [1.165, 1.54) is 6.20 Å². The lowest BCUT2D eigenvalue weighted by Gasteiger charge is -2.12. The normalized spacial score (nSPS) is 10.6. The molecule has 0 unspecified atom stereocenters. The molecule has 6 nitrogen and oxygen atoms in total. The van der Waals surface area contributed by atoms with Crippen LogP contribution >= 0.6 is 15.9 Å². The number of carbonyl (C=O) groups is 1. The molecule has 0 amide bonds. The molecule has 1 heterocycles. The summed E-state index contributed by atoms with van der Waals surface area (Å²) in [6.45, 7) is 1.88. The second-order valence-electron chi connectivity index (χ2n) is 5.33. The van der Waals surface area contributed by atoms with E-state index >= 15 is 0 Å². The third kappa shape index (κ3) is 3.43. The second kappa shape index (κ2) is 7.61. The van der Waals surface area contributed by atoms with Crippen LogP contribution in [0.2, 0.25) is 0 Å². The Hall–Kier alpha value is -2.80. The van der Waals surface area contributed by atoms with Gasteiger partial charge >= 0.3 is 5.97 Å². The Kier molecular flexibility index (Phi) is 5.27. The van der Waals surface area contributed by atoms with Crippen LogP contribution in [-0.2, 0) is 4.74 Å². The summed E-state index contributed by atoms with van der Waals surface area (Å²) in [6.07, 6.45) is 1.36. The fraction of sp³-hybridized carbons (Fsp3) is 0.158. The van der Waals surface area contributed by atoms with E-state index in [-0.39, 0.29) is 12.2 Å². The van der Waals surface area contributed by atoms with Gasteiger partial charge in [-0.2, -0.15) is 0 Å². The maximum atomic E-state index is 12.7. The first-order valence-electron chi connectivity index (χ1n) is 7.88. The third-order valence-electron chi connectivity index (χ3n) is 3.72. The molecule has 7 heteroatoms. The fourth-order valence-electron chi connectivity index (χ4n) is 2.48. The highest BCUT2D eigenvalue weighted by atomic mass is 79.9. The molecule has 0 bridgehead atoms. The average Bonchev–Trinajstić information content (AvgIpc) is 2.63. The topological polar surface area (TPSA) is 77.6 Å². The minimum absolute atomic E-state index is 0.0510. The Balaban J connectivity index is 2.09. The number of para-hydroxylation sites is 2. The lowest BCUT2D eigenvalue weighted by molar-refractivity contribution is 0.0524. The molecule has 3 aromatic rings. The number of halogens is 1. The highest BCUT2D eigenvalue weighted by Gasteiger charge is 2.16. The molecular weight excluding hydrogens is 402 g/mol. The molecule has 0 atom stereocenters. The summed E-state index contributed by atoms with van der Waals surface area (Å²) in [6, 6.07) is 10.5. The van der Waals surface area contributed by atoms with Crippen LogP contribution in [-0.4, -0.2) is 24.7 Å². The molecule has 0 aliphatic carbocycles. The van der Waals surface area contributed by atoms with Gasteiger partial charge in [0.05, 0.1) is 29.1 Å². The summed E-state index contributed by atoms with van der Waals surface area (Å²) in [5.74, 6) is 0.834. The number of aromatic amines is 1. The van der Waals surface area contributed by atoms with Crippen molar-refractivity contribution < 1.29 is 19.0 Å². The average molecular weight is 418 g/mol. The van der Waals surface area contributed by atoms with Gasteiger partial charge in [0.15, 0.2) is 11.5 Å². The van der Waals surface area contributed by atoms with Gasteiger partial charge in [-0.25, -0.2) is 4.79 Å². The van der Waals surface area contributed by atoms with Crippen molar-refractivity contribution in [2.45, 2.75) is 6.92 Å². The minimum Gasteiger partial charge on any atom is -0.493 e. The van der Waals surface area contributed by atoms with Crippen LogP contribution in [0.3, 0.4) is 0 Å². The molecule has 0 fully saturated rings. The van der Waals surface area contributed by atoms with Crippen molar-refractivity contribution in [2.75, 3.05) is 13.7 Å². The molecule has 3 rings (SSSR count). The van der Waals surface area contributed by atoms with Crippen LogP contribution in [0.15, 0.2) is 51.9 Å². The monoisotopic (exact) mass is 417 g/mol. The maximum absolute atomic E-state index is 12.7. The summed E-state index contributed by atoms with van der Waals surface area (Å²) >= 11 is 3.44. The van der Waals surface area contributed by atoms with Gasteiger partial charge in [0.25, 0.3) is 0 Å². The zero-order valence-corrected chi connectivity index (χ0v) is 15.8. The highest BCUT2D eigenvalue weighted by Crippen LogP contribution is 2.36. The molecule has 1 N–H and O–H groups in total. The van der Waals surface area contributed by atoms with Crippen LogP contribution < -0.4 is 14.9 Å². The Morgan fingerprint density at radius 3 is 2.58 bits per heavy atom. The highest BCUT2D eigenvalue weighted by molar-refractivity contribution is 9.10. The molecule has 0 radical (unpaired) electrons. The first kappa shape index (κ1) is 18.0. The van der Waals surface area contributed by atoms with Crippen molar-refractivity contribution in [1.29, 1.82) is 0 Å². The van der Waals surface area contributed by atoms with Crippen LogP contribution in [0, 0.1) is 0 Å². The van der Waals surface area contributed by atoms with Crippen molar-refractivity contribution in [3.05, 3.63) is 62.9 Å². The van der Waals surface area contributed by atoms with Crippen molar-refractivity contribution in [3.8, 4) is 17.2 Å². The predicted molar refractivity (Wildman–Crippen MR) is 101 cm³/mol. The molecule has 0 saturated carbocycles. The van der Waals surface area contributed by atoms with Gasteiger partial charge in [0.1, 0.15) is 11.3 Å². The molecular formula is C19H16BrNO5. The summed E-state index contributed by atoms with van der Waals surface area (Å²) in [5.41, 5.74) is 0.0989. The zero-order chi connectivity index (χ0) is 18.7. The van der Waals surface area contributed by atoms with Crippen LogP contribution in [0.4, 0.5) is 0 Å². The Morgan fingerprint density at radius 1 is 1.15 bits per heavy atom. The quantitative estimate of drug-likeness (QED) is 0.627. The largest absolute Gasteiger partial charge is 0.493 e. The van der Waals surface area contributed by atoms with Gasteiger partial charge in [0, 0.05) is 6.20 Å². The lowest BCUT2D eigenvalue weighted by Crippen LogP contribution is -2.18. The van der Waals surface area contributed by atoms with E-state index in [9.17, 15) is 9.59 Å². The number of hydrogen-bond donors (Lipinski definition) is 1. The predicted octanol–water partition coefficient (Wildman–Crippen LogP) is 4.27. The number of nitrogens with one attached hydrogen (secondary N) is 1. The number of ether oxygens (including phenoxy) is 3. The maximum Gasteiger partial charge on any atom is 0.343 e. The van der Waals surface area contributed by atoms with E-state index in [0.717, 1.165) is 0 Å². The van der Waals surface area contributed by atoms with Crippen LogP contribution in [0.5, 0.6) is 17.2 Å². The Labute approximate surface area is 157 Å². The number of pyridine rings is 1. The van der Waals surface area contributed by atoms with Gasteiger partial charge in [-0.15, -0.1) is 0 Å². The number of rotatable bonds is 5. The standard InChI is InChI=1S/C19H16BrNO5/c1-3-25-19(23)12-10-21-14-9-13(20)17(8-11(14)18(12)22)26-16-7-5-4-6-15(16)24-2/h4-10H,3H2,1-2H3,(H,21,22). The Bertz CT molecular complexity index is 1030. The molecule has 2 aromatic carbocycles. The Morgan fingerprint density at radius 2 is 1.88 bits per heavy atom. The number of methoxy groups -OCH3 is 1. The SMILES string of the molecule is CCOC(=O)c1c[nH]c2cc(Br)c(Oc3ccccc3OC)cc2c1=O. The van der Waals surface area contributed by atoms with Gasteiger partial charge in [-0.05, 0) is 47.1 Å². The van der Waals surface area contributed by atoms with E-state index in [1.54, 1.807) is 38.3 Å². The number of hydrogen-bond acceptors (Lipinski definition) is 5. The van der Waals surface area contributed by atoms with E-state index in [2.05, 4.69) is 20.9 Å². The van der Waals surface area contributed by atoms with Gasteiger partial charge in [-0.3, -0.25) is 4.79 Å². The smallest absolute Gasteiger partial charge is 0.343 e. The summed E-state index contributed by atoms with van der Waals surface area (Å²) in [7, 11) is 1.55. The number of benzene rings is 2. The minimum atomic E-state index is -0.661. The van der Waals surface area contributed by atoms with Crippen molar-refractivity contribution in [3.63, 3.8) is 0 Å². The van der Waals surface area contributed by atoms with Gasteiger partial charge < -0.3 is 19.2 Å². The molecule has 134 valence electrons. The van der Waals surface area contributed by atoms with E-state index in [4.69, 9.17) is 14.2 Å². The number of aromatic nitrogens is 1. The van der Waals surface area contributed by atoms with Crippen LogP contribution in [0.1, 0.15) is 17.3 Å². The van der Waals surface area contributed by atoms with E-state index in [1.807, 2.05) is 12.1 Å². The van der Waals surface area contributed by atoms with Crippen molar-refractivity contribution in [1.82, 2.24) is 4.98 Å². The molecule has 1 aromatic heterocycles. The van der Waals surface area contributed by atoms with Crippen LogP contribution in [0.25, 0.3) is 10.9 Å². The number of H-pyrrole nitrogens is 1. The summed E-state index contributed by atoms with van der Waals surface area (Å²) in [5, 5.41) is 0.323. The number of fused-ring (bicyclic) bond motifs is 1. The molecule has 26 heavy (non-hydrogen) atoms. The zero-order valence-electron chi connectivity index (χ0n) is 14.2. The van der Waals surface area contributed by atoms with Gasteiger partial charge in [-0.1, -0.05) is 12.1 Å². The molecule has 0 aliphatic heterocycles. The summed E-state index contributed by atoms with van der Waals surface area (Å²) in [4.78, 5) is 27.5. The first-order chi connectivity index (χ1) is 12.5. The number of carbonyl (C=O) groups excluding carboxylic acids is 1. The fourth-order valence-corrected chi connectivity index (χ4v) is 2.91. The lowest BCUT2D eigenvalue weighted by atomic mass is 10.1. The molecule has 0 saturated heterocycles. The molecule has 0 spiro atoms. The summed E-state index contributed by atoms with van der Waals surface area (Å²) < 4.78 is 16.7. The van der Waals surface area contributed by atoms with Crippen molar-refractivity contribution in [2.24, 2.45) is 0 Å². The third-order valence-corrected chi connectivity index (χ3v) is 4.34. The van der Waals surface area contributed by atoms with Crippen molar-refractivity contribution >= 4 is 32.8 Å².